The van der Waals surface area contributed by atoms with E-state index in [0.29, 0.717) is 0 Å². The molecule has 8 heavy (non-hydrogen) atoms. The van der Waals surface area contributed by atoms with E-state index in [9.17, 15) is 4.79 Å². The van der Waals surface area contributed by atoms with Gasteiger partial charge >= 0.3 is 0 Å². The summed E-state index contributed by atoms with van der Waals surface area (Å²) in [6, 6.07) is -0.0586. The number of hydrogen-bond donors (Lipinski definition) is 1. The molecule has 0 bridgehead atoms. The average Bonchev–Trinajstić information content (AvgIpc) is 2.12. The van der Waals surface area contributed by atoms with Gasteiger partial charge in [0.15, 0.2) is 0 Å². The van der Waals surface area contributed by atoms with Gasteiger partial charge in [-0.2, -0.15) is 0 Å². The average molecular weight is 134 g/mol. The molecule has 1 fully saturated rings. The Balaban J connectivity index is 2.35. The standard InChI is InChI=1S/C5H8ClNO/c6-5(8)4-2-1-3-7-4/h4,7H,1-3H2/t4-/m1/s1. The van der Waals surface area contributed by atoms with Gasteiger partial charge in [-0.05, 0) is 31.0 Å². The molecule has 1 rings (SSSR count). The van der Waals surface area contributed by atoms with E-state index < -0.39 is 0 Å². The van der Waals surface area contributed by atoms with Gasteiger partial charge in [0, 0.05) is 0 Å². The molecule has 0 saturated carbocycles. The number of halogens is 1. The fourth-order valence-electron chi connectivity index (χ4n) is 0.878. The molecule has 1 N–H and O–H groups in total. The van der Waals surface area contributed by atoms with Crippen molar-refractivity contribution < 1.29 is 4.79 Å². The Hall–Kier alpha value is -0.0800. The van der Waals surface area contributed by atoms with Gasteiger partial charge in [-0.25, -0.2) is 0 Å². The van der Waals surface area contributed by atoms with E-state index in [1.807, 2.05) is 0 Å². The lowest BCUT2D eigenvalue weighted by atomic mass is 10.2. The van der Waals surface area contributed by atoms with Crippen molar-refractivity contribution in [1.82, 2.24) is 5.32 Å². The van der Waals surface area contributed by atoms with Gasteiger partial charge < -0.3 is 5.32 Å². The van der Waals surface area contributed by atoms with Crippen LogP contribution in [0.3, 0.4) is 0 Å². The van der Waals surface area contributed by atoms with Crippen LogP contribution in [0.5, 0.6) is 0 Å². The van der Waals surface area contributed by atoms with Crippen molar-refractivity contribution in [2.75, 3.05) is 6.54 Å². The molecular formula is C5H8ClNO. The van der Waals surface area contributed by atoms with E-state index in [0.717, 1.165) is 19.4 Å². The van der Waals surface area contributed by atoms with Crippen LogP contribution in [0.15, 0.2) is 0 Å². The van der Waals surface area contributed by atoms with Crippen LogP contribution >= 0.6 is 11.6 Å². The molecule has 2 nitrogen and oxygen atoms in total. The molecule has 0 spiro atoms. The number of carbonyl (C=O) groups excluding carboxylic acids is 1. The summed E-state index contributed by atoms with van der Waals surface area (Å²) in [7, 11) is 0. The second-order valence-corrected chi connectivity index (χ2v) is 2.33. The summed E-state index contributed by atoms with van der Waals surface area (Å²) in [6.45, 7) is 0.934. The first-order valence-electron chi connectivity index (χ1n) is 2.73. The first-order chi connectivity index (χ1) is 3.80. The van der Waals surface area contributed by atoms with Crippen molar-refractivity contribution in [2.24, 2.45) is 0 Å². The van der Waals surface area contributed by atoms with Gasteiger partial charge in [-0.15, -0.1) is 0 Å². The number of hydrogen-bond acceptors (Lipinski definition) is 2. The Morgan fingerprint density at radius 2 is 2.50 bits per heavy atom. The zero-order valence-corrected chi connectivity index (χ0v) is 5.24. The van der Waals surface area contributed by atoms with Crippen LogP contribution in [0.25, 0.3) is 0 Å². The first-order valence-corrected chi connectivity index (χ1v) is 3.11. The lowest BCUT2D eigenvalue weighted by Crippen LogP contribution is -2.26. The Labute approximate surface area is 53.2 Å². The van der Waals surface area contributed by atoms with Crippen LogP contribution in [0.2, 0.25) is 0 Å². The Kier molecular flexibility index (Phi) is 1.86. The SMILES string of the molecule is O=C(Cl)[C@H]1CCCN1. The zero-order valence-electron chi connectivity index (χ0n) is 4.48. The molecule has 46 valence electrons. The minimum atomic E-state index is -0.248. The van der Waals surface area contributed by atoms with E-state index in [1.54, 1.807) is 0 Å². The number of nitrogens with one attached hydrogen (secondary N) is 1. The molecule has 1 aliphatic heterocycles. The minimum Gasteiger partial charge on any atom is -0.306 e. The van der Waals surface area contributed by atoms with Crippen LogP contribution in [0, 0.1) is 0 Å². The van der Waals surface area contributed by atoms with E-state index in [-0.39, 0.29) is 11.3 Å². The van der Waals surface area contributed by atoms with Crippen LogP contribution in [-0.2, 0) is 4.79 Å². The van der Waals surface area contributed by atoms with Crippen molar-refractivity contribution in [2.45, 2.75) is 18.9 Å². The lowest BCUT2D eigenvalue weighted by molar-refractivity contribution is -0.113. The predicted octanol–water partition coefficient (Wildman–Crippen LogP) is 0.504. The van der Waals surface area contributed by atoms with Crippen molar-refractivity contribution in [3.05, 3.63) is 0 Å². The van der Waals surface area contributed by atoms with Crippen molar-refractivity contribution in [3.63, 3.8) is 0 Å². The molecule has 0 aromatic carbocycles. The third-order valence-electron chi connectivity index (χ3n) is 1.33. The minimum absolute atomic E-state index is 0.0586. The van der Waals surface area contributed by atoms with E-state index >= 15 is 0 Å². The molecule has 1 saturated heterocycles. The molecule has 0 aromatic heterocycles. The van der Waals surface area contributed by atoms with Crippen molar-refractivity contribution in [3.8, 4) is 0 Å². The normalized spacial score (nSPS) is 28.4. The van der Waals surface area contributed by atoms with Crippen LogP contribution in [0.4, 0.5) is 0 Å². The maximum atomic E-state index is 10.3. The molecule has 3 heteroatoms. The van der Waals surface area contributed by atoms with Crippen LogP contribution in [-0.4, -0.2) is 17.8 Å². The molecule has 1 aliphatic rings. The van der Waals surface area contributed by atoms with E-state index in [4.69, 9.17) is 11.6 Å². The van der Waals surface area contributed by atoms with Gasteiger partial charge in [0.1, 0.15) is 0 Å². The van der Waals surface area contributed by atoms with Crippen LogP contribution < -0.4 is 5.32 Å². The Morgan fingerprint density at radius 3 is 2.75 bits per heavy atom. The summed E-state index contributed by atoms with van der Waals surface area (Å²) in [5.74, 6) is 0. The summed E-state index contributed by atoms with van der Waals surface area (Å²) < 4.78 is 0. The van der Waals surface area contributed by atoms with Gasteiger partial charge in [-0.3, -0.25) is 4.79 Å². The predicted molar refractivity (Wildman–Crippen MR) is 31.9 cm³/mol. The Bertz CT molecular complexity index is 98.6. The lowest BCUT2D eigenvalue weighted by Gasteiger charge is -1.99. The van der Waals surface area contributed by atoms with Crippen molar-refractivity contribution in [1.29, 1.82) is 0 Å². The topological polar surface area (TPSA) is 29.1 Å². The van der Waals surface area contributed by atoms with Crippen LogP contribution in [0.1, 0.15) is 12.8 Å². The Morgan fingerprint density at radius 1 is 1.75 bits per heavy atom. The second-order valence-electron chi connectivity index (χ2n) is 1.95. The highest BCUT2D eigenvalue weighted by Gasteiger charge is 2.19. The van der Waals surface area contributed by atoms with E-state index in [1.165, 1.54) is 0 Å². The molecule has 0 aromatic rings. The van der Waals surface area contributed by atoms with Gasteiger partial charge in [-0.1, -0.05) is 0 Å². The highest BCUT2D eigenvalue weighted by molar-refractivity contribution is 6.64. The first kappa shape index (κ1) is 6.05. The van der Waals surface area contributed by atoms with E-state index in [2.05, 4.69) is 5.32 Å². The van der Waals surface area contributed by atoms with Gasteiger partial charge in [0.05, 0.1) is 6.04 Å². The highest BCUT2D eigenvalue weighted by atomic mass is 35.5. The molecule has 1 heterocycles. The summed E-state index contributed by atoms with van der Waals surface area (Å²) in [4.78, 5) is 10.3. The van der Waals surface area contributed by atoms with Crippen molar-refractivity contribution >= 4 is 16.8 Å². The maximum absolute atomic E-state index is 10.3. The third kappa shape index (κ3) is 1.20. The quantitative estimate of drug-likeness (QED) is 0.528. The zero-order chi connectivity index (χ0) is 5.98. The number of rotatable bonds is 1. The molecule has 0 unspecified atom stereocenters. The summed E-state index contributed by atoms with van der Waals surface area (Å²) in [5, 5.41) is 2.73. The number of carbonyl (C=O) groups is 1. The third-order valence-corrected chi connectivity index (χ3v) is 1.60. The second kappa shape index (κ2) is 2.46. The van der Waals surface area contributed by atoms with Gasteiger partial charge in [0.25, 0.3) is 0 Å². The summed E-state index contributed by atoms with van der Waals surface area (Å²) >= 11 is 5.18. The smallest absolute Gasteiger partial charge is 0.238 e. The monoisotopic (exact) mass is 133 g/mol. The molecule has 1 atom stereocenters. The molecule has 0 radical (unpaired) electrons. The largest absolute Gasteiger partial charge is 0.306 e. The van der Waals surface area contributed by atoms with Gasteiger partial charge in [0.2, 0.25) is 5.24 Å². The summed E-state index contributed by atoms with van der Waals surface area (Å²) in [6.07, 6.45) is 1.98. The molecule has 0 amide bonds. The molecule has 0 aliphatic carbocycles. The fraction of sp³-hybridized carbons (Fsp3) is 0.800. The molecular weight excluding hydrogens is 126 g/mol. The summed E-state index contributed by atoms with van der Waals surface area (Å²) in [5.41, 5.74) is 0. The fourth-order valence-corrected chi connectivity index (χ4v) is 1.06. The maximum Gasteiger partial charge on any atom is 0.238 e. The highest BCUT2D eigenvalue weighted by Crippen LogP contribution is 2.06.